The maximum atomic E-state index is 4.54. The Labute approximate surface area is 108 Å². The van der Waals surface area contributed by atoms with Gasteiger partial charge >= 0.3 is 0 Å². The lowest BCUT2D eigenvalue weighted by Crippen LogP contribution is -1.90. The molecular formula is C12H13BrN2S. The molecule has 0 aliphatic rings. The highest BCUT2D eigenvalue weighted by atomic mass is 79.9. The van der Waals surface area contributed by atoms with Gasteiger partial charge in [0.05, 0.1) is 0 Å². The zero-order valence-corrected chi connectivity index (χ0v) is 11.9. The van der Waals surface area contributed by atoms with Gasteiger partial charge in [0.2, 0.25) is 0 Å². The van der Waals surface area contributed by atoms with Gasteiger partial charge in [-0.05, 0) is 41.2 Å². The average molecular weight is 297 g/mol. The molecule has 1 heterocycles. The zero-order chi connectivity index (χ0) is 11.7. The van der Waals surface area contributed by atoms with Crippen molar-refractivity contribution < 1.29 is 0 Å². The Morgan fingerprint density at radius 3 is 2.31 bits per heavy atom. The van der Waals surface area contributed by atoms with Crippen LogP contribution in [0.2, 0.25) is 0 Å². The fourth-order valence-corrected chi connectivity index (χ4v) is 2.50. The monoisotopic (exact) mass is 296 g/mol. The Morgan fingerprint density at radius 2 is 1.88 bits per heavy atom. The van der Waals surface area contributed by atoms with Gasteiger partial charge in [0.1, 0.15) is 16.1 Å². The lowest BCUT2D eigenvalue weighted by Gasteiger charge is -2.00. The van der Waals surface area contributed by atoms with Crippen molar-refractivity contribution in [1.29, 1.82) is 0 Å². The van der Waals surface area contributed by atoms with E-state index >= 15 is 0 Å². The van der Waals surface area contributed by atoms with Crippen molar-refractivity contribution in [3.8, 4) is 11.3 Å². The summed E-state index contributed by atoms with van der Waals surface area (Å²) in [5.41, 5.74) is 2.15. The molecule has 0 saturated carbocycles. The van der Waals surface area contributed by atoms with Gasteiger partial charge in [-0.2, -0.15) is 0 Å². The van der Waals surface area contributed by atoms with E-state index in [1.807, 2.05) is 18.5 Å². The molecule has 4 heteroatoms. The molecule has 0 bridgehead atoms. The third kappa shape index (κ3) is 2.04. The summed E-state index contributed by atoms with van der Waals surface area (Å²) >= 11 is 5.32. The number of imidazole rings is 1. The molecule has 0 aliphatic heterocycles. The first-order valence-electron chi connectivity index (χ1n) is 4.96. The Bertz CT molecular complexity index is 502. The molecule has 0 radical (unpaired) electrons. The number of hydrogen-bond acceptors (Lipinski definition) is 2. The van der Waals surface area contributed by atoms with E-state index in [0.29, 0.717) is 0 Å². The summed E-state index contributed by atoms with van der Waals surface area (Å²) in [5.74, 6) is 1.01. The van der Waals surface area contributed by atoms with Gasteiger partial charge < -0.3 is 4.57 Å². The van der Waals surface area contributed by atoms with E-state index in [2.05, 4.69) is 51.4 Å². The normalized spacial score (nSPS) is 10.8. The molecule has 0 atom stereocenters. The summed E-state index contributed by atoms with van der Waals surface area (Å²) in [5, 5.41) is 0. The predicted octanol–water partition coefficient (Wildman–Crippen LogP) is 3.88. The number of hydrogen-bond donors (Lipinski definition) is 0. The highest BCUT2D eigenvalue weighted by molar-refractivity contribution is 9.10. The second-order valence-electron chi connectivity index (χ2n) is 3.59. The largest absolute Gasteiger partial charge is 0.326 e. The van der Waals surface area contributed by atoms with Crippen molar-refractivity contribution in [3.05, 3.63) is 34.7 Å². The first kappa shape index (κ1) is 11.7. The van der Waals surface area contributed by atoms with E-state index in [4.69, 9.17) is 0 Å². The second kappa shape index (κ2) is 4.63. The molecular weight excluding hydrogens is 284 g/mol. The number of halogens is 1. The molecule has 16 heavy (non-hydrogen) atoms. The molecule has 1 aromatic carbocycles. The number of benzene rings is 1. The van der Waals surface area contributed by atoms with E-state index in [9.17, 15) is 0 Å². The molecule has 84 valence electrons. The molecule has 0 amide bonds. The van der Waals surface area contributed by atoms with Gasteiger partial charge in [-0.25, -0.2) is 4.98 Å². The summed E-state index contributed by atoms with van der Waals surface area (Å²) in [6, 6.07) is 8.46. The van der Waals surface area contributed by atoms with E-state index < -0.39 is 0 Å². The fourth-order valence-electron chi connectivity index (χ4n) is 1.52. The molecule has 1 aromatic heterocycles. The lowest BCUT2D eigenvalue weighted by molar-refractivity contribution is 0.840. The van der Waals surface area contributed by atoms with E-state index in [-0.39, 0.29) is 0 Å². The van der Waals surface area contributed by atoms with E-state index in [1.165, 1.54) is 4.90 Å². The Morgan fingerprint density at radius 1 is 1.25 bits per heavy atom. The Hall–Kier alpha value is -0.740. The molecule has 2 aromatic rings. The van der Waals surface area contributed by atoms with Crippen LogP contribution in [-0.2, 0) is 7.05 Å². The average Bonchev–Trinajstić information content (AvgIpc) is 2.57. The zero-order valence-electron chi connectivity index (χ0n) is 9.49. The third-order valence-corrected chi connectivity index (χ3v) is 4.26. The predicted molar refractivity (Wildman–Crippen MR) is 72.9 cm³/mol. The van der Waals surface area contributed by atoms with Crippen molar-refractivity contribution in [3.63, 3.8) is 0 Å². The smallest absolute Gasteiger partial charge is 0.112 e. The fraction of sp³-hybridized carbons (Fsp3) is 0.250. The van der Waals surface area contributed by atoms with Crippen molar-refractivity contribution in [1.82, 2.24) is 9.55 Å². The minimum Gasteiger partial charge on any atom is -0.326 e. The number of aromatic nitrogens is 2. The summed E-state index contributed by atoms with van der Waals surface area (Å²) < 4.78 is 3.07. The van der Waals surface area contributed by atoms with Crippen molar-refractivity contribution in [2.45, 2.75) is 11.8 Å². The van der Waals surface area contributed by atoms with Crippen LogP contribution in [0.1, 0.15) is 5.82 Å². The van der Waals surface area contributed by atoms with Crippen LogP contribution in [0.15, 0.2) is 33.8 Å². The first-order valence-corrected chi connectivity index (χ1v) is 6.98. The summed E-state index contributed by atoms with van der Waals surface area (Å²) in [7, 11) is 2.01. The molecule has 2 nitrogen and oxygen atoms in total. The molecule has 2 rings (SSSR count). The van der Waals surface area contributed by atoms with E-state index in [1.54, 1.807) is 11.8 Å². The number of nitrogens with zero attached hydrogens (tertiary/aromatic N) is 2. The Balaban J connectivity index is 2.46. The van der Waals surface area contributed by atoms with Gasteiger partial charge in [-0.1, -0.05) is 12.1 Å². The van der Waals surface area contributed by atoms with Crippen molar-refractivity contribution in [2.75, 3.05) is 6.26 Å². The van der Waals surface area contributed by atoms with Crippen LogP contribution in [0.25, 0.3) is 11.3 Å². The molecule has 0 aliphatic carbocycles. The third-order valence-electron chi connectivity index (χ3n) is 2.61. The molecule has 0 saturated heterocycles. The lowest BCUT2D eigenvalue weighted by atomic mass is 10.2. The summed E-state index contributed by atoms with van der Waals surface area (Å²) in [6.45, 7) is 2.00. The standard InChI is InChI=1S/C12H13BrN2S/c1-8-14-11(12(13)15(8)2)9-4-6-10(16-3)7-5-9/h4-7H,1-3H3. The number of rotatable bonds is 2. The van der Waals surface area contributed by atoms with Crippen molar-refractivity contribution in [2.24, 2.45) is 7.05 Å². The quantitative estimate of drug-likeness (QED) is 0.783. The molecule has 0 unspecified atom stereocenters. The van der Waals surface area contributed by atoms with Crippen LogP contribution >= 0.6 is 27.7 Å². The minimum absolute atomic E-state index is 1.01. The molecule has 0 fully saturated rings. The first-order chi connectivity index (χ1) is 7.63. The highest BCUT2D eigenvalue weighted by Gasteiger charge is 2.11. The van der Waals surface area contributed by atoms with Crippen LogP contribution in [0.4, 0.5) is 0 Å². The topological polar surface area (TPSA) is 17.8 Å². The number of thioether (sulfide) groups is 1. The van der Waals surface area contributed by atoms with Crippen molar-refractivity contribution >= 4 is 27.7 Å². The minimum atomic E-state index is 1.01. The Kier molecular flexibility index (Phi) is 3.40. The van der Waals surface area contributed by atoms with Crippen LogP contribution < -0.4 is 0 Å². The van der Waals surface area contributed by atoms with Crippen LogP contribution in [-0.4, -0.2) is 15.8 Å². The van der Waals surface area contributed by atoms with Gasteiger partial charge in [-0.3, -0.25) is 0 Å². The second-order valence-corrected chi connectivity index (χ2v) is 5.22. The van der Waals surface area contributed by atoms with Gasteiger partial charge in [0.15, 0.2) is 0 Å². The maximum absolute atomic E-state index is 4.54. The maximum Gasteiger partial charge on any atom is 0.112 e. The van der Waals surface area contributed by atoms with Gasteiger partial charge in [-0.15, -0.1) is 11.8 Å². The van der Waals surface area contributed by atoms with Crippen LogP contribution in [0, 0.1) is 6.92 Å². The SMILES string of the molecule is CSc1ccc(-c2nc(C)n(C)c2Br)cc1. The highest BCUT2D eigenvalue weighted by Crippen LogP contribution is 2.29. The summed E-state index contributed by atoms with van der Waals surface area (Å²) in [6.07, 6.45) is 2.08. The van der Waals surface area contributed by atoms with Crippen LogP contribution in [0.3, 0.4) is 0 Å². The molecule has 0 N–H and O–H groups in total. The van der Waals surface area contributed by atoms with E-state index in [0.717, 1.165) is 21.7 Å². The summed E-state index contributed by atoms with van der Waals surface area (Å²) in [4.78, 5) is 5.82. The van der Waals surface area contributed by atoms with Crippen LogP contribution in [0.5, 0.6) is 0 Å². The number of aryl methyl sites for hydroxylation is 1. The van der Waals surface area contributed by atoms with Gasteiger partial charge in [0.25, 0.3) is 0 Å². The van der Waals surface area contributed by atoms with Gasteiger partial charge in [0, 0.05) is 17.5 Å². The molecule has 0 spiro atoms.